The molecule has 0 amide bonds. The Morgan fingerprint density at radius 3 is 2.63 bits per heavy atom. The lowest BCUT2D eigenvalue weighted by Gasteiger charge is -2.39. The van der Waals surface area contributed by atoms with Gasteiger partial charge in [-0.15, -0.1) is 0 Å². The first kappa shape index (κ1) is 28.3. The molecule has 0 saturated carbocycles. The van der Waals surface area contributed by atoms with Gasteiger partial charge < -0.3 is 23.9 Å². The number of aliphatic hydroxyl groups is 1. The van der Waals surface area contributed by atoms with E-state index in [0.29, 0.717) is 19.6 Å². The molecule has 2 heterocycles. The molecule has 8 heteroatoms. The fourth-order valence-electron chi connectivity index (χ4n) is 5.13. The summed E-state index contributed by atoms with van der Waals surface area (Å²) in [6.45, 7) is 9.94. The van der Waals surface area contributed by atoms with Crippen molar-refractivity contribution in [2.24, 2.45) is 0 Å². The molecule has 1 aliphatic heterocycles. The number of nitrogens with zero attached hydrogens (tertiary/aromatic N) is 3. The van der Waals surface area contributed by atoms with Gasteiger partial charge in [0.1, 0.15) is 23.8 Å². The van der Waals surface area contributed by atoms with Crippen LogP contribution in [0.5, 0.6) is 17.2 Å². The molecular formula is C30H40ClN3O4. The first-order valence-corrected chi connectivity index (χ1v) is 13.8. The van der Waals surface area contributed by atoms with Gasteiger partial charge in [-0.2, -0.15) is 0 Å². The molecule has 1 aliphatic rings. The number of rotatable bonds is 12. The standard InChI is InChI=1S/C30H40ClN3O4/c1-5-28-32-11-14-34(28)13-7-15-37-27-18-24(8-9-26(27)36-4)19-33-12-6-10-30(35,20-33)21-38-25-16-22(2)29(31)23(3)17-25/h8-9,11,14,16-18,35H,5-7,10,12-13,15,19-21H2,1-4H3/t30-/m1/s1. The predicted octanol–water partition coefficient (Wildman–Crippen LogP) is 5.60. The van der Waals surface area contributed by atoms with Crippen LogP contribution >= 0.6 is 11.6 Å². The molecule has 38 heavy (non-hydrogen) atoms. The van der Waals surface area contributed by atoms with E-state index in [2.05, 4.69) is 33.5 Å². The highest BCUT2D eigenvalue weighted by molar-refractivity contribution is 6.32. The second-order valence-corrected chi connectivity index (χ2v) is 10.7. The van der Waals surface area contributed by atoms with Crippen LogP contribution < -0.4 is 14.2 Å². The molecule has 0 spiro atoms. The molecular weight excluding hydrogens is 502 g/mol. The number of β-amino-alcohol motifs (C(OH)–C–C–N with tert-alkyl or cyclic N) is 1. The molecule has 1 aromatic heterocycles. The maximum atomic E-state index is 11.3. The number of aromatic nitrogens is 2. The van der Waals surface area contributed by atoms with E-state index in [1.807, 2.05) is 44.4 Å². The Balaban J connectivity index is 1.33. The first-order chi connectivity index (χ1) is 18.3. The number of methoxy groups -OCH3 is 1. The predicted molar refractivity (Wildman–Crippen MR) is 151 cm³/mol. The van der Waals surface area contributed by atoms with E-state index >= 15 is 0 Å². The van der Waals surface area contributed by atoms with Crippen molar-refractivity contribution >= 4 is 11.6 Å². The molecule has 1 atom stereocenters. The third kappa shape index (κ3) is 7.22. The largest absolute Gasteiger partial charge is 0.493 e. The van der Waals surface area contributed by atoms with Crippen LogP contribution in [0.2, 0.25) is 5.02 Å². The summed E-state index contributed by atoms with van der Waals surface area (Å²) in [5.74, 6) is 3.30. The quantitative estimate of drug-likeness (QED) is 0.301. The average molecular weight is 542 g/mol. The number of imidazole rings is 1. The molecule has 4 rings (SSSR count). The van der Waals surface area contributed by atoms with Crippen molar-refractivity contribution in [1.82, 2.24) is 14.5 Å². The molecule has 0 bridgehead atoms. The highest BCUT2D eigenvalue weighted by Crippen LogP contribution is 2.31. The SMILES string of the molecule is CCc1nccn1CCCOc1cc(CN2CCC[C@](O)(COc3cc(C)c(Cl)c(C)c3)C2)ccc1OC. The number of piperidine rings is 1. The molecule has 0 radical (unpaired) electrons. The highest BCUT2D eigenvalue weighted by Gasteiger charge is 2.34. The van der Waals surface area contributed by atoms with E-state index in [-0.39, 0.29) is 6.61 Å². The van der Waals surface area contributed by atoms with Gasteiger partial charge >= 0.3 is 0 Å². The average Bonchev–Trinajstić information content (AvgIpc) is 3.36. The summed E-state index contributed by atoms with van der Waals surface area (Å²) in [6, 6.07) is 9.93. The monoisotopic (exact) mass is 541 g/mol. The molecule has 1 N–H and O–H groups in total. The second kappa shape index (κ2) is 12.9. The van der Waals surface area contributed by atoms with Gasteiger partial charge in [0, 0.05) is 43.5 Å². The number of aryl methyl sites for hydroxylation is 4. The van der Waals surface area contributed by atoms with Gasteiger partial charge in [-0.25, -0.2) is 4.98 Å². The Kier molecular flexibility index (Phi) is 9.58. The Morgan fingerprint density at radius 2 is 1.89 bits per heavy atom. The lowest BCUT2D eigenvalue weighted by molar-refractivity contribution is -0.0621. The van der Waals surface area contributed by atoms with E-state index in [4.69, 9.17) is 25.8 Å². The van der Waals surface area contributed by atoms with Gasteiger partial charge in [0.15, 0.2) is 11.5 Å². The lowest BCUT2D eigenvalue weighted by Crippen LogP contribution is -2.51. The zero-order valence-corrected chi connectivity index (χ0v) is 23.8. The van der Waals surface area contributed by atoms with E-state index in [0.717, 1.165) is 83.7 Å². The Morgan fingerprint density at radius 1 is 1.11 bits per heavy atom. The molecule has 0 aliphatic carbocycles. The topological polar surface area (TPSA) is 69.0 Å². The van der Waals surface area contributed by atoms with Crippen LogP contribution in [0.25, 0.3) is 0 Å². The van der Waals surface area contributed by atoms with Crippen LogP contribution in [0.15, 0.2) is 42.7 Å². The first-order valence-electron chi connectivity index (χ1n) is 13.4. The third-order valence-corrected chi connectivity index (χ3v) is 7.70. The van der Waals surface area contributed by atoms with Crippen molar-refractivity contribution in [2.45, 2.75) is 65.1 Å². The van der Waals surface area contributed by atoms with Crippen LogP contribution in [-0.4, -0.2) is 58.6 Å². The zero-order valence-electron chi connectivity index (χ0n) is 23.0. The van der Waals surface area contributed by atoms with Gasteiger partial charge in [-0.1, -0.05) is 24.6 Å². The number of likely N-dealkylation sites (tertiary alicyclic amines) is 1. The van der Waals surface area contributed by atoms with Crippen molar-refractivity contribution in [3.8, 4) is 17.2 Å². The van der Waals surface area contributed by atoms with Crippen molar-refractivity contribution in [3.63, 3.8) is 0 Å². The number of hydrogen-bond acceptors (Lipinski definition) is 6. The molecule has 3 aromatic rings. The van der Waals surface area contributed by atoms with Crippen molar-refractivity contribution in [2.75, 3.05) is 33.4 Å². The Bertz CT molecular complexity index is 1190. The van der Waals surface area contributed by atoms with Crippen LogP contribution in [0.3, 0.4) is 0 Å². The van der Waals surface area contributed by atoms with Gasteiger partial charge in [0.05, 0.1) is 13.7 Å². The molecule has 2 aromatic carbocycles. The minimum absolute atomic E-state index is 0.248. The van der Waals surface area contributed by atoms with Crippen LogP contribution in [0, 0.1) is 13.8 Å². The summed E-state index contributed by atoms with van der Waals surface area (Å²) >= 11 is 6.29. The summed E-state index contributed by atoms with van der Waals surface area (Å²) < 4.78 is 19.9. The minimum atomic E-state index is -0.907. The number of benzene rings is 2. The van der Waals surface area contributed by atoms with Crippen molar-refractivity contribution < 1.29 is 19.3 Å². The van der Waals surface area contributed by atoms with E-state index < -0.39 is 5.60 Å². The van der Waals surface area contributed by atoms with Gasteiger partial charge in [0.2, 0.25) is 0 Å². The fraction of sp³-hybridized carbons (Fsp3) is 0.500. The summed E-state index contributed by atoms with van der Waals surface area (Å²) in [5.41, 5.74) is 2.17. The third-order valence-electron chi connectivity index (χ3n) is 7.10. The van der Waals surface area contributed by atoms with E-state index in [1.165, 1.54) is 0 Å². The normalized spacial score (nSPS) is 17.9. The minimum Gasteiger partial charge on any atom is -0.493 e. The van der Waals surface area contributed by atoms with Crippen molar-refractivity contribution in [1.29, 1.82) is 0 Å². The van der Waals surface area contributed by atoms with Gasteiger partial charge in [0.25, 0.3) is 0 Å². The molecule has 0 unspecified atom stereocenters. The van der Waals surface area contributed by atoms with Crippen LogP contribution in [-0.2, 0) is 19.5 Å². The summed E-state index contributed by atoms with van der Waals surface area (Å²) in [5, 5.41) is 12.1. The maximum absolute atomic E-state index is 11.3. The highest BCUT2D eigenvalue weighted by atomic mass is 35.5. The second-order valence-electron chi connectivity index (χ2n) is 10.3. The molecule has 1 saturated heterocycles. The van der Waals surface area contributed by atoms with Gasteiger partial charge in [-0.05, 0) is 80.6 Å². The van der Waals surface area contributed by atoms with Crippen LogP contribution in [0.4, 0.5) is 0 Å². The van der Waals surface area contributed by atoms with Gasteiger partial charge in [-0.3, -0.25) is 4.90 Å². The zero-order chi connectivity index (χ0) is 27.1. The summed E-state index contributed by atoms with van der Waals surface area (Å²) in [6.07, 6.45) is 7.28. The molecule has 206 valence electrons. The number of ether oxygens (including phenoxy) is 3. The summed E-state index contributed by atoms with van der Waals surface area (Å²) in [4.78, 5) is 6.66. The Hall–Kier alpha value is -2.74. The smallest absolute Gasteiger partial charge is 0.161 e. The number of halogens is 1. The Labute approximate surface area is 231 Å². The van der Waals surface area contributed by atoms with E-state index in [1.54, 1.807) is 7.11 Å². The molecule has 7 nitrogen and oxygen atoms in total. The van der Waals surface area contributed by atoms with Crippen molar-refractivity contribution in [3.05, 3.63) is 70.3 Å². The van der Waals surface area contributed by atoms with E-state index in [9.17, 15) is 5.11 Å². The fourth-order valence-corrected chi connectivity index (χ4v) is 5.24. The number of hydrogen-bond donors (Lipinski definition) is 1. The lowest BCUT2D eigenvalue weighted by atomic mass is 9.93. The summed E-state index contributed by atoms with van der Waals surface area (Å²) in [7, 11) is 1.66. The van der Waals surface area contributed by atoms with Crippen LogP contribution in [0.1, 0.15) is 48.7 Å². The molecule has 1 fully saturated rings. The maximum Gasteiger partial charge on any atom is 0.161 e.